The van der Waals surface area contributed by atoms with Crippen molar-refractivity contribution in [1.29, 1.82) is 0 Å². The minimum Gasteiger partial charge on any atom is -0.388 e. The van der Waals surface area contributed by atoms with Gasteiger partial charge in [0.2, 0.25) is 0 Å². The number of hydrogen-bond donors (Lipinski definition) is 1. The fourth-order valence-electron chi connectivity index (χ4n) is 2.56. The van der Waals surface area contributed by atoms with Gasteiger partial charge < -0.3 is 5.11 Å². The van der Waals surface area contributed by atoms with Gasteiger partial charge in [0.25, 0.3) is 0 Å². The normalized spacial score (nSPS) is 21.4. The van der Waals surface area contributed by atoms with E-state index in [0.29, 0.717) is 5.92 Å². The van der Waals surface area contributed by atoms with E-state index in [9.17, 15) is 5.11 Å². The Balaban J connectivity index is 2.02. The van der Waals surface area contributed by atoms with E-state index in [0.717, 1.165) is 10.0 Å². The Labute approximate surface area is 110 Å². The Bertz CT molecular complexity index is 315. The first-order valence-electron chi connectivity index (χ1n) is 6.18. The highest BCUT2D eigenvalue weighted by Gasteiger charge is 2.23. The lowest BCUT2D eigenvalue weighted by Gasteiger charge is -2.24. The minimum atomic E-state index is -0.265. The Kier molecular flexibility index (Phi) is 4.86. The molecule has 16 heavy (non-hydrogen) atoms. The van der Waals surface area contributed by atoms with Crippen LogP contribution >= 0.6 is 27.3 Å². The van der Waals surface area contributed by atoms with Gasteiger partial charge >= 0.3 is 0 Å². The van der Waals surface area contributed by atoms with Gasteiger partial charge in [-0.25, -0.2) is 0 Å². The summed E-state index contributed by atoms with van der Waals surface area (Å²) < 4.78 is 1.08. The number of halogens is 1. The van der Waals surface area contributed by atoms with Crippen LogP contribution in [0.1, 0.15) is 56.6 Å². The predicted octanol–water partition coefficient (Wildman–Crippen LogP) is 4.90. The van der Waals surface area contributed by atoms with Gasteiger partial charge in [-0.05, 0) is 40.1 Å². The maximum absolute atomic E-state index is 10.4. The van der Waals surface area contributed by atoms with Crippen molar-refractivity contribution in [3.63, 3.8) is 0 Å². The summed E-state index contributed by atoms with van der Waals surface area (Å²) in [5, 5.41) is 14.5. The molecule has 0 aromatic carbocycles. The lowest BCUT2D eigenvalue weighted by Crippen LogP contribution is -2.14. The maximum atomic E-state index is 10.4. The molecular weight excluding hydrogens is 284 g/mol. The SMILES string of the molecule is OC(c1cscc1Br)C1CCCCCCC1. The lowest BCUT2D eigenvalue weighted by atomic mass is 9.85. The van der Waals surface area contributed by atoms with E-state index in [-0.39, 0.29) is 6.10 Å². The van der Waals surface area contributed by atoms with E-state index in [1.54, 1.807) is 11.3 Å². The molecule has 1 aromatic heterocycles. The first-order chi connectivity index (χ1) is 7.79. The molecule has 2 rings (SSSR count). The van der Waals surface area contributed by atoms with Crippen molar-refractivity contribution < 1.29 is 5.11 Å². The monoisotopic (exact) mass is 302 g/mol. The molecular formula is C13H19BrOS. The number of aliphatic hydroxyl groups is 1. The highest BCUT2D eigenvalue weighted by atomic mass is 79.9. The summed E-state index contributed by atoms with van der Waals surface area (Å²) >= 11 is 5.18. The Morgan fingerprint density at radius 1 is 1.12 bits per heavy atom. The van der Waals surface area contributed by atoms with E-state index in [1.165, 1.54) is 44.9 Å². The zero-order chi connectivity index (χ0) is 11.4. The van der Waals surface area contributed by atoms with Crippen LogP contribution in [0, 0.1) is 5.92 Å². The van der Waals surface area contributed by atoms with Gasteiger partial charge in [0.1, 0.15) is 0 Å². The molecule has 0 amide bonds. The molecule has 1 nitrogen and oxygen atoms in total. The van der Waals surface area contributed by atoms with Crippen LogP contribution in [0.25, 0.3) is 0 Å². The first-order valence-corrected chi connectivity index (χ1v) is 7.92. The van der Waals surface area contributed by atoms with Crippen molar-refractivity contribution in [2.24, 2.45) is 5.92 Å². The molecule has 1 aromatic rings. The molecule has 1 saturated carbocycles. The molecule has 1 heterocycles. The van der Waals surface area contributed by atoms with Gasteiger partial charge in [-0.3, -0.25) is 0 Å². The highest BCUT2D eigenvalue weighted by molar-refractivity contribution is 9.10. The van der Waals surface area contributed by atoms with Crippen LogP contribution in [-0.4, -0.2) is 5.11 Å². The average molecular weight is 303 g/mol. The molecule has 3 heteroatoms. The fraction of sp³-hybridized carbons (Fsp3) is 0.692. The van der Waals surface area contributed by atoms with Crippen molar-refractivity contribution in [3.8, 4) is 0 Å². The molecule has 0 bridgehead atoms. The zero-order valence-corrected chi connectivity index (χ0v) is 11.9. The molecule has 1 aliphatic rings. The van der Waals surface area contributed by atoms with Crippen LogP contribution in [0.3, 0.4) is 0 Å². The van der Waals surface area contributed by atoms with Crippen LogP contribution < -0.4 is 0 Å². The van der Waals surface area contributed by atoms with Crippen molar-refractivity contribution >= 4 is 27.3 Å². The van der Waals surface area contributed by atoms with Crippen LogP contribution in [0.5, 0.6) is 0 Å². The second-order valence-electron chi connectivity index (χ2n) is 4.73. The first kappa shape index (κ1) is 12.6. The van der Waals surface area contributed by atoms with E-state index in [2.05, 4.69) is 26.7 Å². The third-order valence-corrected chi connectivity index (χ3v) is 5.31. The van der Waals surface area contributed by atoms with E-state index in [1.807, 2.05) is 0 Å². The summed E-state index contributed by atoms with van der Waals surface area (Å²) in [5.74, 6) is 0.464. The third-order valence-electron chi connectivity index (χ3n) is 3.56. The van der Waals surface area contributed by atoms with Crippen LogP contribution in [0.2, 0.25) is 0 Å². The van der Waals surface area contributed by atoms with Crippen LogP contribution in [-0.2, 0) is 0 Å². The van der Waals surface area contributed by atoms with Crippen molar-refractivity contribution in [2.75, 3.05) is 0 Å². The molecule has 0 saturated heterocycles. The van der Waals surface area contributed by atoms with Crippen molar-refractivity contribution in [2.45, 2.75) is 51.0 Å². The number of hydrogen-bond acceptors (Lipinski definition) is 2. The molecule has 1 aliphatic carbocycles. The average Bonchev–Trinajstić information content (AvgIpc) is 2.63. The fourth-order valence-corrected chi connectivity index (χ4v) is 4.12. The summed E-state index contributed by atoms with van der Waals surface area (Å²) in [5.41, 5.74) is 1.09. The molecule has 0 radical (unpaired) electrons. The Morgan fingerprint density at radius 2 is 1.75 bits per heavy atom. The Morgan fingerprint density at radius 3 is 2.31 bits per heavy atom. The van der Waals surface area contributed by atoms with Crippen LogP contribution in [0.4, 0.5) is 0 Å². The van der Waals surface area contributed by atoms with Gasteiger partial charge in [0, 0.05) is 15.4 Å². The summed E-state index contributed by atoms with van der Waals surface area (Å²) in [7, 11) is 0. The number of rotatable bonds is 2. The van der Waals surface area contributed by atoms with E-state index >= 15 is 0 Å². The van der Waals surface area contributed by atoms with E-state index < -0.39 is 0 Å². The van der Waals surface area contributed by atoms with Crippen molar-refractivity contribution in [3.05, 3.63) is 20.8 Å². The van der Waals surface area contributed by atoms with Gasteiger partial charge in [0.05, 0.1) is 6.10 Å². The summed E-state index contributed by atoms with van der Waals surface area (Å²) in [6.45, 7) is 0. The third kappa shape index (κ3) is 3.08. The molecule has 0 spiro atoms. The standard InChI is InChI=1S/C13H19BrOS/c14-12-9-16-8-11(12)13(15)10-6-4-2-1-3-5-7-10/h8-10,13,15H,1-7H2. The highest BCUT2D eigenvalue weighted by Crippen LogP contribution is 2.37. The summed E-state index contributed by atoms with van der Waals surface area (Å²) in [6.07, 6.45) is 8.73. The smallest absolute Gasteiger partial charge is 0.0837 e. The zero-order valence-electron chi connectivity index (χ0n) is 9.49. The summed E-state index contributed by atoms with van der Waals surface area (Å²) in [6, 6.07) is 0. The van der Waals surface area contributed by atoms with Gasteiger partial charge in [-0.2, -0.15) is 11.3 Å². The van der Waals surface area contributed by atoms with Gasteiger partial charge in [-0.1, -0.05) is 32.1 Å². The Hall–Kier alpha value is 0.140. The molecule has 90 valence electrons. The molecule has 1 fully saturated rings. The second kappa shape index (κ2) is 6.18. The molecule has 1 atom stereocenters. The molecule has 1 unspecified atom stereocenters. The lowest BCUT2D eigenvalue weighted by molar-refractivity contribution is 0.0911. The van der Waals surface area contributed by atoms with Gasteiger partial charge in [0.15, 0.2) is 0 Å². The summed E-state index contributed by atoms with van der Waals surface area (Å²) in [4.78, 5) is 0. The van der Waals surface area contributed by atoms with Gasteiger partial charge in [-0.15, -0.1) is 0 Å². The quantitative estimate of drug-likeness (QED) is 0.823. The number of thiophene rings is 1. The van der Waals surface area contributed by atoms with Crippen LogP contribution in [0.15, 0.2) is 15.2 Å². The second-order valence-corrected chi connectivity index (χ2v) is 6.32. The minimum absolute atomic E-state index is 0.265. The number of aliphatic hydroxyl groups excluding tert-OH is 1. The molecule has 0 aliphatic heterocycles. The largest absolute Gasteiger partial charge is 0.388 e. The predicted molar refractivity (Wildman–Crippen MR) is 72.8 cm³/mol. The molecule has 1 N–H and O–H groups in total. The van der Waals surface area contributed by atoms with E-state index in [4.69, 9.17) is 0 Å². The van der Waals surface area contributed by atoms with Crippen molar-refractivity contribution in [1.82, 2.24) is 0 Å². The maximum Gasteiger partial charge on any atom is 0.0837 e. The topological polar surface area (TPSA) is 20.2 Å².